The lowest BCUT2D eigenvalue weighted by molar-refractivity contribution is -0.152. The maximum absolute atomic E-state index is 12.1. The van der Waals surface area contributed by atoms with Gasteiger partial charge in [0.05, 0.1) is 6.42 Å². The smallest absolute Gasteiger partial charge is 0.394 e. The van der Waals surface area contributed by atoms with Crippen molar-refractivity contribution >= 4 is 54.2 Å². The van der Waals surface area contributed by atoms with Crippen LogP contribution in [0, 0.1) is 0 Å². The highest BCUT2D eigenvalue weighted by Crippen LogP contribution is 1.99. The van der Waals surface area contributed by atoms with E-state index in [0.29, 0.717) is 0 Å². The highest BCUT2D eigenvalue weighted by atomic mass is 32.1. The van der Waals surface area contributed by atoms with Crippen molar-refractivity contribution in [2.45, 2.75) is 37.4 Å². The van der Waals surface area contributed by atoms with E-state index in [1.807, 2.05) is 0 Å². The zero-order valence-electron chi connectivity index (χ0n) is 16.7. The molecule has 0 rings (SSSR count). The Bertz CT molecular complexity index is 747. The fourth-order valence-electron chi connectivity index (χ4n) is 2.12. The van der Waals surface area contributed by atoms with Gasteiger partial charge in [0.1, 0.15) is 18.1 Å². The summed E-state index contributed by atoms with van der Waals surface area (Å²) in [6.07, 6.45) is -1.59. The number of hydrogen-bond donors (Lipinski definition) is 9. The number of carboxylic acids is 3. The molecule has 180 valence electrons. The predicted molar refractivity (Wildman–Crippen MR) is 108 cm³/mol. The highest BCUT2D eigenvalue weighted by Gasteiger charge is 2.27. The Labute approximate surface area is 186 Å². The number of rotatable bonds is 14. The first kappa shape index (κ1) is 28.6. The van der Waals surface area contributed by atoms with Crippen LogP contribution in [0.1, 0.15) is 19.3 Å². The second kappa shape index (κ2) is 14.6. The van der Waals surface area contributed by atoms with Crippen LogP contribution in [0.2, 0.25) is 0 Å². The fraction of sp³-hybridized carbons (Fsp3) is 0.562. The monoisotopic (exact) mass is 479 g/mol. The summed E-state index contributed by atoms with van der Waals surface area (Å²) >= 11 is 3.89. The van der Waals surface area contributed by atoms with Crippen molar-refractivity contribution in [1.29, 1.82) is 0 Å². The standard InChI is InChI=1S/C16H25N5O10S/c17-7(12(25)21-9(5-11(23)24)13(26)18-3-4-32)6-19-10(22)2-1-8(15(28)29)20-14(27)16(30)31/h7-9,32H,1-6,17H2,(H,18,26)(H,19,22)(H,20,27)(H,21,25)(H,23,24)(H,28,29)(H,30,31). The zero-order valence-corrected chi connectivity index (χ0v) is 17.6. The molecule has 0 heterocycles. The summed E-state index contributed by atoms with van der Waals surface area (Å²) in [5.74, 6) is -8.48. The maximum Gasteiger partial charge on any atom is 0.394 e. The molecule has 0 fully saturated rings. The fourth-order valence-corrected chi connectivity index (χ4v) is 2.23. The number of thiol groups is 1. The molecule has 3 unspecified atom stereocenters. The van der Waals surface area contributed by atoms with E-state index in [9.17, 15) is 33.6 Å². The van der Waals surface area contributed by atoms with Crippen LogP contribution in [0.15, 0.2) is 0 Å². The van der Waals surface area contributed by atoms with Gasteiger partial charge in [0, 0.05) is 25.3 Å². The van der Waals surface area contributed by atoms with E-state index < -0.39 is 85.5 Å². The van der Waals surface area contributed by atoms with E-state index >= 15 is 0 Å². The number of hydrogen-bond acceptors (Lipinski definition) is 9. The van der Waals surface area contributed by atoms with Gasteiger partial charge in [0.15, 0.2) is 0 Å². The average molecular weight is 479 g/mol. The molecule has 0 aliphatic heterocycles. The first-order valence-electron chi connectivity index (χ1n) is 9.08. The summed E-state index contributed by atoms with van der Waals surface area (Å²) in [6, 6.07) is -4.40. The van der Waals surface area contributed by atoms with Gasteiger partial charge in [-0.3, -0.25) is 24.0 Å². The number of aliphatic carboxylic acids is 3. The van der Waals surface area contributed by atoms with Gasteiger partial charge in [-0.1, -0.05) is 0 Å². The van der Waals surface area contributed by atoms with Gasteiger partial charge >= 0.3 is 23.8 Å². The third-order valence-electron chi connectivity index (χ3n) is 3.74. The van der Waals surface area contributed by atoms with Gasteiger partial charge in [-0.25, -0.2) is 9.59 Å². The SMILES string of the molecule is NC(CNC(=O)CCC(NC(=O)C(=O)O)C(=O)O)C(=O)NC(CC(=O)O)C(=O)NCCS. The van der Waals surface area contributed by atoms with Gasteiger partial charge in [0.2, 0.25) is 17.7 Å². The molecule has 4 amide bonds. The second-order valence-electron chi connectivity index (χ2n) is 6.29. The van der Waals surface area contributed by atoms with E-state index in [1.54, 1.807) is 5.32 Å². The number of carboxylic acid groups (broad SMARTS) is 3. The van der Waals surface area contributed by atoms with E-state index in [2.05, 4.69) is 28.6 Å². The molecule has 0 aromatic carbocycles. The number of carbonyl (C=O) groups excluding carboxylic acids is 4. The lowest BCUT2D eigenvalue weighted by Gasteiger charge is -2.19. The first-order valence-corrected chi connectivity index (χ1v) is 9.71. The molecule has 9 N–H and O–H groups in total. The third-order valence-corrected chi connectivity index (χ3v) is 3.96. The molecule has 0 radical (unpaired) electrons. The van der Waals surface area contributed by atoms with Crippen LogP contribution < -0.4 is 27.0 Å². The second-order valence-corrected chi connectivity index (χ2v) is 6.74. The normalized spacial score (nSPS) is 13.1. The van der Waals surface area contributed by atoms with Crippen LogP contribution in [0.5, 0.6) is 0 Å². The molecule has 0 aromatic heterocycles. The lowest BCUT2D eigenvalue weighted by Crippen LogP contribution is -2.55. The van der Waals surface area contributed by atoms with E-state index in [1.165, 1.54) is 0 Å². The minimum Gasteiger partial charge on any atom is -0.481 e. The number of nitrogens with one attached hydrogen (secondary N) is 4. The lowest BCUT2D eigenvalue weighted by atomic mass is 10.1. The summed E-state index contributed by atoms with van der Waals surface area (Å²) < 4.78 is 0. The Morgan fingerprint density at radius 2 is 1.50 bits per heavy atom. The van der Waals surface area contributed by atoms with Crippen molar-refractivity contribution in [2.24, 2.45) is 5.73 Å². The molecule has 0 saturated heterocycles. The van der Waals surface area contributed by atoms with Crippen molar-refractivity contribution in [2.75, 3.05) is 18.8 Å². The summed E-state index contributed by atoms with van der Waals surface area (Å²) in [4.78, 5) is 79.3. The predicted octanol–water partition coefficient (Wildman–Crippen LogP) is -4.13. The Hall–Kier alpha value is -3.40. The minimum absolute atomic E-state index is 0.139. The van der Waals surface area contributed by atoms with Crippen molar-refractivity contribution in [3.8, 4) is 0 Å². The maximum atomic E-state index is 12.1. The van der Waals surface area contributed by atoms with Crippen LogP contribution >= 0.6 is 12.6 Å². The highest BCUT2D eigenvalue weighted by molar-refractivity contribution is 7.80. The van der Waals surface area contributed by atoms with Crippen LogP contribution in [0.4, 0.5) is 0 Å². The summed E-state index contributed by atoms with van der Waals surface area (Å²) in [5, 5.41) is 34.8. The molecular formula is C16H25N5O10S. The zero-order chi connectivity index (χ0) is 24.8. The molecule has 0 bridgehead atoms. The molecule has 32 heavy (non-hydrogen) atoms. The molecule has 0 saturated carbocycles. The van der Waals surface area contributed by atoms with Gasteiger partial charge in [-0.05, 0) is 6.42 Å². The summed E-state index contributed by atoms with van der Waals surface area (Å²) in [5.41, 5.74) is 5.61. The summed E-state index contributed by atoms with van der Waals surface area (Å²) in [6.45, 7) is -0.289. The summed E-state index contributed by atoms with van der Waals surface area (Å²) in [7, 11) is 0. The Kier molecular flexibility index (Phi) is 13.0. The molecule has 15 nitrogen and oxygen atoms in total. The van der Waals surface area contributed by atoms with Crippen LogP contribution in [-0.2, 0) is 33.6 Å². The number of carbonyl (C=O) groups is 7. The Morgan fingerprint density at radius 3 is 2.00 bits per heavy atom. The third kappa shape index (κ3) is 11.7. The van der Waals surface area contributed by atoms with E-state index in [4.69, 9.17) is 21.1 Å². The molecule has 16 heteroatoms. The molecule has 0 aromatic rings. The van der Waals surface area contributed by atoms with Gasteiger partial charge in [-0.2, -0.15) is 12.6 Å². The van der Waals surface area contributed by atoms with Gasteiger partial charge in [0.25, 0.3) is 0 Å². The van der Waals surface area contributed by atoms with Gasteiger partial charge < -0.3 is 42.3 Å². The largest absolute Gasteiger partial charge is 0.481 e. The molecule has 0 aliphatic carbocycles. The average Bonchev–Trinajstić information content (AvgIpc) is 2.71. The van der Waals surface area contributed by atoms with Crippen molar-refractivity contribution in [3.63, 3.8) is 0 Å². The topological polar surface area (TPSA) is 254 Å². The van der Waals surface area contributed by atoms with Crippen LogP contribution in [0.3, 0.4) is 0 Å². The molecule has 0 spiro atoms. The van der Waals surface area contributed by atoms with Crippen LogP contribution in [-0.4, -0.2) is 93.8 Å². The van der Waals surface area contributed by atoms with E-state index in [-0.39, 0.29) is 12.3 Å². The quantitative estimate of drug-likeness (QED) is 0.0853. The molecule has 3 atom stereocenters. The number of amides is 4. The molecule has 0 aliphatic rings. The van der Waals surface area contributed by atoms with Crippen molar-refractivity contribution in [1.82, 2.24) is 21.3 Å². The van der Waals surface area contributed by atoms with Crippen LogP contribution in [0.25, 0.3) is 0 Å². The van der Waals surface area contributed by atoms with Crippen molar-refractivity contribution in [3.05, 3.63) is 0 Å². The van der Waals surface area contributed by atoms with Crippen molar-refractivity contribution < 1.29 is 48.9 Å². The Morgan fingerprint density at radius 1 is 0.875 bits per heavy atom. The van der Waals surface area contributed by atoms with Gasteiger partial charge in [-0.15, -0.1) is 0 Å². The number of nitrogens with two attached hydrogens (primary N) is 1. The minimum atomic E-state index is -1.89. The van der Waals surface area contributed by atoms with E-state index in [0.717, 1.165) is 0 Å². The Balaban J connectivity index is 4.67. The first-order chi connectivity index (χ1) is 14.9. The molecular weight excluding hydrogens is 454 g/mol.